The Balaban J connectivity index is 2.16. The van der Waals surface area contributed by atoms with Crippen LogP contribution in [-0.2, 0) is 9.59 Å². The molecule has 1 aliphatic heterocycles. The van der Waals surface area contributed by atoms with Crippen molar-refractivity contribution in [2.75, 3.05) is 12.4 Å². The molecule has 5 nitrogen and oxygen atoms in total. The van der Waals surface area contributed by atoms with E-state index in [2.05, 4.69) is 10.4 Å². The van der Waals surface area contributed by atoms with Crippen LogP contribution in [0.1, 0.15) is 12.8 Å². The quantitative estimate of drug-likeness (QED) is 0.903. The van der Waals surface area contributed by atoms with E-state index in [1.165, 1.54) is 25.2 Å². The standard InChI is InChI=1S/C12H11ClFN3O2/c1-17-10(18)6-5-9(16-17)12(19)15-8-4-2-3-7(13)11(8)14/h2-4H,5-6H2,1H3,(H,15,19). The Hall–Kier alpha value is -1.95. The molecule has 1 heterocycles. The van der Waals surface area contributed by atoms with Gasteiger partial charge in [-0.2, -0.15) is 5.10 Å². The van der Waals surface area contributed by atoms with Crippen LogP contribution in [0.4, 0.5) is 10.1 Å². The molecular formula is C12H11ClFN3O2. The normalized spacial score (nSPS) is 15.2. The molecular weight excluding hydrogens is 273 g/mol. The van der Waals surface area contributed by atoms with Crippen molar-refractivity contribution in [3.05, 3.63) is 29.0 Å². The van der Waals surface area contributed by atoms with Gasteiger partial charge in [-0.15, -0.1) is 0 Å². The number of benzene rings is 1. The van der Waals surface area contributed by atoms with Gasteiger partial charge in [0, 0.05) is 19.9 Å². The van der Waals surface area contributed by atoms with Gasteiger partial charge >= 0.3 is 0 Å². The van der Waals surface area contributed by atoms with E-state index in [1.54, 1.807) is 0 Å². The number of hydrazone groups is 1. The van der Waals surface area contributed by atoms with Gasteiger partial charge in [0.1, 0.15) is 5.71 Å². The Morgan fingerprint density at radius 1 is 1.47 bits per heavy atom. The zero-order chi connectivity index (χ0) is 14.0. The first-order valence-corrected chi connectivity index (χ1v) is 5.96. The highest BCUT2D eigenvalue weighted by atomic mass is 35.5. The Labute approximate surface area is 114 Å². The fraction of sp³-hybridized carbons (Fsp3) is 0.250. The molecule has 0 atom stereocenters. The smallest absolute Gasteiger partial charge is 0.271 e. The first-order valence-electron chi connectivity index (χ1n) is 5.58. The highest BCUT2D eigenvalue weighted by molar-refractivity contribution is 6.43. The lowest BCUT2D eigenvalue weighted by atomic mass is 10.1. The van der Waals surface area contributed by atoms with Gasteiger partial charge in [-0.1, -0.05) is 17.7 Å². The summed E-state index contributed by atoms with van der Waals surface area (Å²) in [6.07, 6.45) is 0.442. The Morgan fingerprint density at radius 2 is 2.21 bits per heavy atom. The number of amides is 2. The molecule has 1 aliphatic rings. The number of hydrogen-bond donors (Lipinski definition) is 1. The number of rotatable bonds is 2. The van der Waals surface area contributed by atoms with Crippen LogP contribution < -0.4 is 5.32 Å². The maximum atomic E-state index is 13.6. The summed E-state index contributed by atoms with van der Waals surface area (Å²) in [7, 11) is 1.47. The lowest BCUT2D eigenvalue weighted by Gasteiger charge is -2.19. The second-order valence-corrected chi connectivity index (χ2v) is 4.43. The molecule has 2 amide bonds. The van der Waals surface area contributed by atoms with Gasteiger partial charge < -0.3 is 5.32 Å². The molecule has 19 heavy (non-hydrogen) atoms. The highest BCUT2D eigenvalue weighted by Crippen LogP contribution is 2.22. The third-order valence-corrected chi connectivity index (χ3v) is 2.96. The number of carbonyl (C=O) groups excluding carboxylic acids is 2. The molecule has 0 unspecified atom stereocenters. The summed E-state index contributed by atoms with van der Waals surface area (Å²) < 4.78 is 13.6. The van der Waals surface area contributed by atoms with Crippen LogP contribution in [0, 0.1) is 5.82 Å². The van der Waals surface area contributed by atoms with Gasteiger partial charge in [0.2, 0.25) is 5.91 Å². The number of nitrogens with zero attached hydrogens (tertiary/aromatic N) is 2. The Bertz CT molecular complexity index is 574. The predicted molar refractivity (Wildman–Crippen MR) is 69.5 cm³/mol. The number of nitrogens with one attached hydrogen (secondary N) is 1. The van der Waals surface area contributed by atoms with Crippen LogP contribution in [0.5, 0.6) is 0 Å². The molecule has 0 aliphatic carbocycles. The number of hydrogen-bond acceptors (Lipinski definition) is 3. The van der Waals surface area contributed by atoms with E-state index in [1.807, 2.05) is 0 Å². The van der Waals surface area contributed by atoms with Crippen molar-refractivity contribution in [1.82, 2.24) is 5.01 Å². The minimum absolute atomic E-state index is 0.0141. The summed E-state index contributed by atoms with van der Waals surface area (Å²) in [6, 6.07) is 4.31. The van der Waals surface area contributed by atoms with Gasteiger partial charge in [0.15, 0.2) is 5.82 Å². The molecule has 1 aromatic rings. The van der Waals surface area contributed by atoms with Crippen molar-refractivity contribution < 1.29 is 14.0 Å². The van der Waals surface area contributed by atoms with Crippen LogP contribution in [0.15, 0.2) is 23.3 Å². The van der Waals surface area contributed by atoms with Crippen molar-refractivity contribution >= 4 is 34.8 Å². The second-order valence-electron chi connectivity index (χ2n) is 4.02. The molecule has 0 saturated carbocycles. The summed E-state index contributed by atoms with van der Waals surface area (Å²) in [5, 5.41) is 7.26. The van der Waals surface area contributed by atoms with E-state index in [4.69, 9.17) is 11.6 Å². The van der Waals surface area contributed by atoms with Crippen molar-refractivity contribution in [3.63, 3.8) is 0 Å². The van der Waals surface area contributed by atoms with Gasteiger partial charge in [0.05, 0.1) is 10.7 Å². The molecule has 1 aromatic carbocycles. The summed E-state index contributed by atoms with van der Waals surface area (Å²) in [5.41, 5.74) is 0.168. The predicted octanol–water partition coefficient (Wildman–Crippen LogP) is 2.03. The van der Waals surface area contributed by atoms with Crippen molar-refractivity contribution in [2.24, 2.45) is 5.10 Å². The fourth-order valence-electron chi connectivity index (χ4n) is 1.63. The molecule has 2 rings (SSSR count). The molecule has 1 N–H and O–H groups in total. The van der Waals surface area contributed by atoms with Crippen LogP contribution in [0.2, 0.25) is 5.02 Å². The summed E-state index contributed by atoms with van der Waals surface area (Å²) >= 11 is 5.62. The van der Waals surface area contributed by atoms with Crippen LogP contribution >= 0.6 is 11.6 Å². The number of carbonyl (C=O) groups is 2. The first kappa shape index (κ1) is 13.5. The maximum Gasteiger partial charge on any atom is 0.271 e. The summed E-state index contributed by atoms with van der Waals surface area (Å²) in [6.45, 7) is 0. The van der Waals surface area contributed by atoms with Gasteiger partial charge in [-0.3, -0.25) is 9.59 Å². The zero-order valence-corrected chi connectivity index (χ0v) is 10.9. The van der Waals surface area contributed by atoms with Crippen molar-refractivity contribution in [1.29, 1.82) is 0 Å². The molecule has 0 fully saturated rings. The van der Waals surface area contributed by atoms with E-state index in [-0.39, 0.29) is 35.2 Å². The van der Waals surface area contributed by atoms with E-state index in [9.17, 15) is 14.0 Å². The second kappa shape index (κ2) is 5.36. The topological polar surface area (TPSA) is 61.8 Å². The fourth-order valence-corrected chi connectivity index (χ4v) is 1.80. The average Bonchev–Trinajstić information content (AvgIpc) is 2.38. The molecule has 7 heteroatoms. The van der Waals surface area contributed by atoms with E-state index in [0.717, 1.165) is 5.01 Å². The maximum absolute atomic E-state index is 13.6. The lowest BCUT2D eigenvalue weighted by molar-refractivity contribution is -0.130. The van der Waals surface area contributed by atoms with Crippen LogP contribution in [-0.4, -0.2) is 29.6 Å². The number of anilines is 1. The van der Waals surface area contributed by atoms with Crippen LogP contribution in [0.3, 0.4) is 0 Å². The highest BCUT2D eigenvalue weighted by Gasteiger charge is 2.22. The molecule has 0 spiro atoms. The van der Waals surface area contributed by atoms with Gasteiger partial charge in [0.25, 0.3) is 5.91 Å². The Kier molecular flexibility index (Phi) is 3.80. The first-order chi connectivity index (χ1) is 8.99. The minimum atomic E-state index is -0.696. The zero-order valence-electron chi connectivity index (χ0n) is 10.1. The third-order valence-electron chi connectivity index (χ3n) is 2.67. The van der Waals surface area contributed by atoms with Crippen LogP contribution in [0.25, 0.3) is 0 Å². The van der Waals surface area contributed by atoms with Gasteiger partial charge in [-0.05, 0) is 12.1 Å². The van der Waals surface area contributed by atoms with E-state index >= 15 is 0 Å². The molecule has 0 saturated heterocycles. The van der Waals surface area contributed by atoms with Crippen molar-refractivity contribution in [3.8, 4) is 0 Å². The largest absolute Gasteiger partial charge is 0.318 e. The van der Waals surface area contributed by atoms with Gasteiger partial charge in [-0.25, -0.2) is 9.40 Å². The third kappa shape index (κ3) is 2.90. The molecule has 0 radical (unpaired) electrons. The SMILES string of the molecule is CN1N=C(C(=O)Nc2cccc(Cl)c2F)CCC1=O. The monoisotopic (exact) mass is 283 g/mol. The number of halogens is 2. The van der Waals surface area contributed by atoms with Crippen molar-refractivity contribution in [2.45, 2.75) is 12.8 Å². The Morgan fingerprint density at radius 3 is 2.89 bits per heavy atom. The molecule has 0 aromatic heterocycles. The summed E-state index contributed by atoms with van der Waals surface area (Å²) in [4.78, 5) is 23.1. The lowest BCUT2D eigenvalue weighted by Crippen LogP contribution is -2.34. The average molecular weight is 284 g/mol. The molecule has 100 valence electrons. The minimum Gasteiger partial charge on any atom is -0.318 e. The summed E-state index contributed by atoms with van der Waals surface area (Å²) in [5.74, 6) is -1.40. The molecule has 0 bridgehead atoms. The van der Waals surface area contributed by atoms with E-state index < -0.39 is 11.7 Å². The van der Waals surface area contributed by atoms with E-state index in [0.29, 0.717) is 0 Å².